The van der Waals surface area contributed by atoms with Crippen LogP contribution in [0.15, 0.2) is 23.1 Å². The Balaban J connectivity index is 0. The number of nitro groups is 1. The van der Waals surface area contributed by atoms with Crippen LogP contribution in [-0.2, 0) is 10.1 Å². The zero-order chi connectivity index (χ0) is 10.9. The third-order valence-electron chi connectivity index (χ3n) is 1.43. The first kappa shape index (κ1) is 14.3. The molecule has 0 bridgehead atoms. The van der Waals surface area contributed by atoms with Gasteiger partial charge in [-0.05, 0) is 6.07 Å². The average molecular weight is 243 g/mol. The van der Waals surface area contributed by atoms with Crippen LogP contribution in [0.2, 0.25) is 0 Å². The van der Waals surface area contributed by atoms with Crippen LogP contribution >= 0.6 is 0 Å². The maximum Gasteiger partial charge on any atom is 1.00 e. The zero-order valence-electron chi connectivity index (χ0n) is 8.61. The molecule has 0 saturated heterocycles. The first-order valence-corrected chi connectivity index (χ1v) is 4.71. The second-order valence-electron chi connectivity index (χ2n) is 2.38. The molecule has 9 heteroatoms. The summed E-state index contributed by atoms with van der Waals surface area (Å²) in [4.78, 5) is 8.52. The first-order valence-electron chi connectivity index (χ1n) is 3.27. The molecular weight excluding hydrogens is 237 g/mol. The molecule has 0 fully saturated rings. The van der Waals surface area contributed by atoms with Crippen molar-refractivity contribution in [2.75, 3.05) is 0 Å². The molecule has 15 heavy (non-hydrogen) atoms. The van der Waals surface area contributed by atoms with E-state index in [4.69, 9.17) is 9.66 Å². The number of nitrogens with zero attached hydrogens (tertiary/aromatic N) is 1. The van der Waals surface area contributed by atoms with E-state index in [-0.39, 0.29) is 31.0 Å². The Kier molecular flexibility index (Phi) is 4.68. The summed E-state index contributed by atoms with van der Waals surface area (Å²) >= 11 is 0. The maximum absolute atomic E-state index is 10.6. The summed E-state index contributed by atoms with van der Waals surface area (Å²) in [5, 5.41) is 19.2. The van der Waals surface area contributed by atoms with Crippen molar-refractivity contribution in [1.29, 1.82) is 0 Å². The van der Waals surface area contributed by atoms with Gasteiger partial charge in [0.1, 0.15) is 10.6 Å². The van der Waals surface area contributed by atoms with Gasteiger partial charge in [0.05, 0.1) is 4.92 Å². The van der Waals surface area contributed by atoms with E-state index in [1.807, 2.05) is 0 Å². The SMILES string of the molecule is O=[N+]([O-])c1ccc(O)c(S(=O)(=O)O)c1.[H-].[Na+]. The molecule has 0 aliphatic rings. The number of phenols is 1. The van der Waals surface area contributed by atoms with E-state index < -0.39 is 31.4 Å². The van der Waals surface area contributed by atoms with Crippen LogP contribution < -0.4 is 29.6 Å². The van der Waals surface area contributed by atoms with Crippen molar-refractivity contribution < 1.29 is 54.0 Å². The summed E-state index contributed by atoms with van der Waals surface area (Å²) in [5.41, 5.74) is -0.532. The predicted molar refractivity (Wildman–Crippen MR) is 45.7 cm³/mol. The Morgan fingerprint density at radius 3 is 2.33 bits per heavy atom. The number of non-ortho nitro benzene ring substituents is 1. The summed E-state index contributed by atoms with van der Waals surface area (Å²) in [6.45, 7) is 0. The summed E-state index contributed by atoms with van der Waals surface area (Å²) in [6, 6.07) is 2.32. The fraction of sp³-hybridized carbons (Fsp3) is 0. The maximum atomic E-state index is 10.6. The molecule has 0 radical (unpaired) electrons. The zero-order valence-corrected chi connectivity index (χ0v) is 10.4. The molecular formula is C6H6NNaO6S. The molecule has 78 valence electrons. The number of hydrogen-bond donors (Lipinski definition) is 2. The third kappa shape index (κ3) is 3.43. The Hall–Kier alpha value is -0.670. The molecule has 0 saturated carbocycles. The van der Waals surface area contributed by atoms with E-state index >= 15 is 0 Å². The van der Waals surface area contributed by atoms with E-state index in [0.717, 1.165) is 12.1 Å². The normalized spacial score (nSPS) is 10.5. The van der Waals surface area contributed by atoms with Gasteiger partial charge < -0.3 is 6.53 Å². The van der Waals surface area contributed by atoms with Crippen LogP contribution in [0.25, 0.3) is 0 Å². The van der Waals surface area contributed by atoms with Gasteiger partial charge >= 0.3 is 29.6 Å². The Bertz CT molecular complexity index is 490. The Morgan fingerprint density at radius 1 is 1.40 bits per heavy atom. The van der Waals surface area contributed by atoms with Crippen molar-refractivity contribution in [2.24, 2.45) is 0 Å². The van der Waals surface area contributed by atoms with Crippen LogP contribution in [0.5, 0.6) is 5.75 Å². The summed E-state index contributed by atoms with van der Waals surface area (Å²) in [5.74, 6) is -0.738. The van der Waals surface area contributed by atoms with Gasteiger partial charge in [0.15, 0.2) is 0 Å². The summed E-state index contributed by atoms with van der Waals surface area (Å²) in [7, 11) is -4.64. The van der Waals surface area contributed by atoms with Gasteiger partial charge in [0, 0.05) is 12.1 Å². The number of rotatable bonds is 2. The van der Waals surface area contributed by atoms with E-state index in [1.54, 1.807) is 0 Å². The summed E-state index contributed by atoms with van der Waals surface area (Å²) < 4.78 is 29.8. The van der Waals surface area contributed by atoms with Crippen molar-refractivity contribution in [3.8, 4) is 5.75 Å². The minimum Gasteiger partial charge on any atom is -1.00 e. The molecule has 0 aliphatic carbocycles. The number of nitro benzene ring substituents is 1. The smallest absolute Gasteiger partial charge is 1.00 e. The van der Waals surface area contributed by atoms with Gasteiger partial charge in [-0.2, -0.15) is 8.42 Å². The Morgan fingerprint density at radius 2 is 1.93 bits per heavy atom. The van der Waals surface area contributed by atoms with Gasteiger partial charge in [-0.25, -0.2) is 0 Å². The molecule has 0 aromatic heterocycles. The van der Waals surface area contributed by atoms with Gasteiger partial charge in [0.25, 0.3) is 15.8 Å². The molecule has 7 nitrogen and oxygen atoms in total. The van der Waals surface area contributed by atoms with Crippen LogP contribution in [0.1, 0.15) is 1.43 Å². The molecule has 0 unspecified atom stereocenters. The van der Waals surface area contributed by atoms with Crippen LogP contribution in [0.4, 0.5) is 5.69 Å². The predicted octanol–water partition coefficient (Wildman–Crippen LogP) is -2.34. The Labute approximate surface area is 108 Å². The molecule has 1 aromatic carbocycles. The van der Waals surface area contributed by atoms with Gasteiger partial charge in [-0.15, -0.1) is 0 Å². The van der Waals surface area contributed by atoms with Gasteiger partial charge in [-0.1, -0.05) is 0 Å². The van der Waals surface area contributed by atoms with Gasteiger partial charge in [0.2, 0.25) is 0 Å². The molecule has 0 spiro atoms. The monoisotopic (exact) mass is 243 g/mol. The molecule has 1 aromatic rings. The largest absolute Gasteiger partial charge is 1.00 e. The topological polar surface area (TPSA) is 118 Å². The number of benzene rings is 1. The minimum absolute atomic E-state index is 0. The fourth-order valence-electron chi connectivity index (χ4n) is 0.823. The van der Waals surface area contributed by atoms with Crippen LogP contribution in [-0.4, -0.2) is 23.0 Å². The molecule has 0 aliphatic heterocycles. The summed E-state index contributed by atoms with van der Waals surface area (Å²) in [6.07, 6.45) is 0. The van der Waals surface area contributed by atoms with Crippen LogP contribution in [0, 0.1) is 10.1 Å². The first-order chi connectivity index (χ1) is 6.32. The minimum atomic E-state index is -4.64. The molecule has 2 N–H and O–H groups in total. The fourth-order valence-corrected chi connectivity index (χ4v) is 1.42. The van der Waals surface area contributed by atoms with E-state index in [2.05, 4.69) is 0 Å². The van der Waals surface area contributed by atoms with Gasteiger partial charge in [-0.3, -0.25) is 14.7 Å². The standard InChI is InChI=1S/C6H5NO6S.Na.H/c8-5-2-1-4(7(9)10)3-6(5)14(11,12)13;;/h1-3,8H,(H,11,12,13);;/q;+1;-1. The van der Waals surface area contributed by atoms with Crippen molar-refractivity contribution in [2.45, 2.75) is 4.90 Å². The number of hydrogen-bond acceptors (Lipinski definition) is 5. The van der Waals surface area contributed by atoms with Crippen LogP contribution in [0.3, 0.4) is 0 Å². The van der Waals surface area contributed by atoms with Crippen molar-refractivity contribution in [1.82, 2.24) is 0 Å². The quantitative estimate of drug-likeness (QED) is 0.260. The molecule has 1 rings (SSSR count). The van der Waals surface area contributed by atoms with Crippen molar-refractivity contribution in [3.05, 3.63) is 28.3 Å². The molecule has 0 atom stereocenters. The number of phenolic OH excluding ortho intramolecular Hbond substituents is 1. The second kappa shape index (κ2) is 4.90. The van der Waals surface area contributed by atoms with E-state index in [1.165, 1.54) is 0 Å². The van der Waals surface area contributed by atoms with E-state index in [0.29, 0.717) is 6.07 Å². The molecule has 0 heterocycles. The van der Waals surface area contributed by atoms with Crippen molar-refractivity contribution in [3.63, 3.8) is 0 Å². The third-order valence-corrected chi connectivity index (χ3v) is 2.31. The average Bonchev–Trinajstić information content (AvgIpc) is 2.02. The van der Waals surface area contributed by atoms with Crippen molar-refractivity contribution >= 4 is 15.8 Å². The second-order valence-corrected chi connectivity index (χ2v) is 3.77. The molecule has 0 amide bonds. The number of aromatic hydroxyl groups is 1. The van der Waals surface area contributed by atoms with E-state index in [9.17, 15) is 18.5 Å².